The van der Waals surface area contributed by atoms with Gasteiger partial charge in [-0.1, -0.05) is 30.3 Å². The third kappa shape index (κ3) is 3.47. The zero-order valence-corrected chi connectivity index (χ0v) is 16.9. The van der Waals surface area contributed by atoms with Crippen molar-refractivity contribution in [3.8, 4) is 0 Å². The Labute approximate surface area is 168 Å². The van der Waals surface area contributed by atoms with E-state index in [1.165, 1.54) is 6.33 Å². The number of fused-ring (bicyclic) bond motifs is 1. The van der Waals surface area contributed by atoms with Gasteiger partial charge in [0.05, 0.1) is 5.69 Å². The van der Waals surface area contributed by atoms with Crippen LogP contribution in [0.15, 0.2) is 53.8 Å². The molecule has 8 heteroatoms. The number of aromatic nitrogens is 4. The Hall–Kier alpha value is -2.87. The molecule has 0 saturated carbocycles. The summed E-state index contributed by atoms with van der Waals surface area (Å²) in [5.41, 5.74) is 2.02. The van der Waals surface area contributed by atoms with Gasteiger partial charge in [0.25, 0.3) is 5.91 Å². The van der Waals surface area contributed by atoms with Crippen LogP contribution in [-0.2, 0) is 11.2 Å². The average molecular weight is 395 g/mol. The molecule has 1 aromatic carbocycles. The summed E-state index contributed by atoms with van der Waals surface area (Å²) >= 11 is 1.63. The molecular weight excluding hydrogens is 372 g/mol. The monoisotopic (exact) mass is 394 g/mol. The van der Waals surface area contributed by atoms with E-state index in [1.54, 1.807) is 21.3 Å². The lowest BCUT2D eigenvalue weighted by atomic mass is 10.1. The Bertz CT molecular complexity index is 987. The van der Waals surface area contributed by atoms with Crippen molar-refractivity contribution in [3.05, 3.63) is 60.3 Å². The third-order valence-corrected chi connectivity index (χ3v) is 5.92. The molecule has 144 valence electrons. The van der Waals surface area contributed by atoms with Crippen molar-refractivity contribution < 1.29 is 4.79 Å². The van der Waals surface area contributed by atoms with Crippen molar-refractivity contribution in [3.63, 3.8) is 0 Å². The second kappa shape index (κ2) is 7.63. The first-order chi connectivity index (χ1) is 13.5. The van der Waals surface area contributed by atoms with Gasteiger partial charge in [-0.25, -0.2) is 14.6 Å². The molecule has 0 saturated heterocycles. The minimum Gasteiger partial charge on any atom is -0.363 e. The Morgan fingerprint density at radius 1 is 1.21 bits per heavy atom. The van der Waals surface area contributed by atoms with Gasteiger partial charge < -0.3 is 9.80 Å². The van der Waals surface area contributed by atoms with E-state index in [0.717, 1.165) is 27.8 Å². The number of carbonyl (C=O) groups excluding carboxylic acids is 1. The topological polar surface area (TPSA) is 67.2 Å². The minimum atomic E-state index is -0.411. The van der Waals surface area contributed by atoms with Crippen LogP contribution in [0.2, 0.25) is 0 Å². The molecule has 0 unspecified atom stereocenters. The van der Waals surface area contributed by atoms with Crippen LogP contribution in [0.4, 0.5) is 11.5 Å². The fourth-order valence-electron chi connectivity index (χ4n) is 3.24. The van der Waals surface area contributed by atoms with Crippen LogP contribution in [0.5, 0.6) is 0 Å². The zero-order valence-electron chi connectivity index (χ0n) is 16.1. The first kappa shape index (κ1) is 18.5. The summed E-state index contributed by atoms with van der Waals surface area (Å²) in [6.07, 6.45) is 4.01. The lowest BCUT2D eigenvalue weighted by Gasteiger charge is -2.23. The summed E-state index contributed by atoms with van der Waals surface area (Å²) in [4.78, 5) is 26.8. The van der Waals surface area contributed by atoms with E-state index in [2.05, 4.69) is 27.2 Å². The summed E-state index contributed by atoms with van der Waals surface area (Å²) in [7, 11) is 5.69. The second-order valence-corrected chi connectivity index (χ2v) is 7.97. The van der Waals surface area contributed by atoms with Gasteiger partial charge in [0, 0.05) is 50.5 Å². The molecule has 1 aliphatic heterocycles. The Balaban J connectivity index is 1.64. The highest BCUT2D eigenvalue weighted by molar-refractivity contribution is 7.99. The van der Waals surface area contributed by atoms with Crippen molar-refractivity contribution in [2.45, 2.75) is 17.4 Å². The predicted octanol–water partition coefficient (Wildman–Crippen LogP) is 2.64. The SMILES string of the molecule is CN(C)c1cc2c(cn1)SC[C@H](n1ncnc1Cc1ccccc1)C(=O)N2C. The predicted molar refractivity (Wildman–Crippen MR) is 111 cm³/mol. The quantitative estimate of drug-likeness (QED) is 0.678. The van der Waals surface area contributed by atoms with E-state index in [0.29, 0.717) is 12.2 Å². The summed E-state index contributed by atoms with van der Waals surface area (Å²) in [6, 6.07) is 11.6. The van der Waals surface area contributed by atoms with Crippen LogP contribution in [0, 0.1) is 0 Å². The maximum Gasteiger partial charge on any atom is 0.252 e. The van der Waals surface area contributed by atoms with Gasteiger partial charge in [-0.2, -0.15) is 5.10 Å². The smallest absolute Gasteiger partial charge is 0.252 e. The number of nitrogens with zero attached hydrogens (tertiary/aromatic N) is 6. The fraction of sp³-hybridized carbons (Fsp3) is 0.300. The van der Waals surface area contributed by atoms with Crippen LogP contribution in [0.3, 0.4) is 0 Å². The van der Waals surface area contributed by atoms with Crippen LogP contribution in [0.1, 0.15) is 17.4 Å². The van der Waals surface area contributed by atoms with Crippen molar-refractivity contribution in [2.75, 3.05) is 36.7 Å². The summed E-state index contributed by atoms with van der Waals surface area (Å²) < 4.78 is 1.77. The number of likely N-dealkylation sites (N-methyl/N-ethyl adjacent to an activating group) is 1. The number of anilines is 2. The average Bonchev–Trinajstić information content (AvgIpc) is 3.11. The number of carbonyl (C=O) groups is 1. The van der Waals surface area contributed by atoms with Gasteiger partial charge in [-0.05, 0) is 5.56 Å². The Morgan fingerprint density at radius 2 is 2.00 bits per heavy atom. The van der Waals surface area contributed by atoms with Crippen LogP contribution in [0.25, 0.3) is 0 Å². The van der Waals surface area contributed by atoms with Gasteiger partial charge in [-0.15, -0.1) is 11.8 Å². The fourth-order valence-corrected chi connectivity index (χ4v) is 4.33. The van der Waals surface area contributed by atoms with E-state index >= 15 is 0 Å². The number of benzene rings is 1. The molecule has 28 heavy (non-hydrogen) atoms. The number of pyridine rings is 1. The normalized spacial score (nSPS) is 16.6. The maximum atomic E-state index is 13.3. The van der Waals surface area contributed by atoms with Crippen LogP contribution in [-0.4, -0.2) is 52.6 Å². The maximum absolute atomic E-state index is 13.3. The van der Waals surface area contributed by atoms with Crippen molar-refractivity contribution >= 4 is 29.2 Å². The molecule has 4 rings (SSSR count). The molecule has 0 spiro atoms. The van der Waals surface area contributed by atoms with Gasteiger partial charge in [0.2, 0.25) is 0 Å². The molecule has 1 atom stereocenters. The van der Waals surface area contributed by atoms with E-state index in [1.807, 2.05) is 56.5 Å². The van der Waals surface area contributed by atoms with Gasteiger partial charge in [-0.3, -0.25) is 4.79 Å². The molecule has 0 fully saturated rings. The lowest BCUT2D eigenvalue weighted by Crippen LogP contribution is -2.36. The number of amides is 1. The first-order valence-electron chi connectivity index (χ1n) is 9.04. The molecule has 1 amide bonds. The van der Waals surface area contributed by atoms with E-state index < -0.39 is 6.04 Å². The Kier molecular flexibility index (Phi) is 5.04. The summed E-state index contributed by atoms with van der Waals surface area (Å²) in [5, 5.41) is 4.39. The van der Waals surface area contributed by atoms with Gasteiger partial charge in [0.15, 0.2) is 0 Å². The largest absolute Gasteiger partial charge is 0.363 e. The lowest BCUT2D eigenvalue weighted by molar-refractivity contribution is -0.121. The zero-order chi connectivity index (χ0) is 19.7. The Morgan fingerprint density at radius 3 is 2.75 bits per heavy atom. The molecule has 0 N–H and O–H groups in total. The molecule has 2 aromatic heterocycles. The van der Waals surface area contributed by atoms with Gasteiger partial charge >= 0.3 is 0 Å². The van der Waals surface area contributed by atoms with Crippen molar-refractivity contribution in [1.82, 2.24) is 19.7 Å². The highest BCUT2D eigenvalue weighted by Crippen LogP contribution is 2.38. The summed E-state index contributed by atoms with van der Waals surface area (Å²) in [6.45, 7) is 0. The van der Waals surface area contributed by atoms with Gasteiger partial charge in [0.1, 0.15) is 24.0 Å². The van der Waals surface area contributed by atoms with Crippen molar-refractivity contribution in [1.29, 1.82) is 0 Å². The molecule has 0 bridgehead atoms. The molecule has 7 nitrogen and oxygen atoms in total. The molecule has 3 aromatic rings. The van der Waals surface area contributed by atoms with Crippen LogP contribution < -0.4 is 9.80 Å². The number of hydrogen-bond donors (Lipinski definition) is 0. The minimum absolute atomic E-state index is 0.00182. The standard InChI is InChI=1S/C20H22N6OS/c1-24(2)18-10-15-17(11-21-18)28-12-16(20(27)25(15)3)26-19(22-13-23-26)9-14-7-5-4-6-8-14/h4-8,10-11,13,16H,9,12H2,1-3H3/t16-/m0/s1. The van der Waals surface area contributed by atoms with Crippen molar-refractivity contribution in [2.24, 2.45) is 0 Å². The van der Waals surface area contributed by atoms with E-state index in [4.69, 9.17) is 0 Å². The number of rotatable bonds is 4. The highest BCUT2D eigenvalue weighted by Gasteiger charge is 2.32. The van der Waals surface area contributed by atoms with E-state index in [9.17, 15) is 4.79 Å². The molecule has 3 heterocycles. The molecule has 0 aliphatic carbocycles. The third-order valence-electron chi connectivity index (χ3n) is 4.81. The molecular formula is C20H22N6OS. The number of hydrogen-bond acceptors (Lipinski definition) is 6. The first-order valence-corrected chi connectivity index (χ1v) is 10.0. The second-order valence-electron chi connectivity index (χ2n) is 6.91. The number of thioether (sulfide) groups is 1. The summed E-state index contributed by atoms with van der Waals surface area (Å²) in [5.74, 6) is 2.20. The molecule has 0 radical (unpaired) electrons. The highest BCUT2D eigenvalue weighted by atomic mass is 32.2. The van der Waals surface area contributed by atoms with E-state index in [-0.39, 0.29) is 5.91 Å². The van der Waals surface area contributed by atoms with Crippen LogP contribution >= 0.6 is 11.8 Å². The molecule has 1 aliphatic rings.